The number of aromatic nitrogens is 1. The highest BCUT2D eigenvalue weighted by molar-refractivity contribution is 6.36. The predicted octanol–water partition coefficient (Wildman–Crippen LogP) is 3.68. The molecule has 1 fully saturated rings. The minimum atomic E-state index is -0.535. The molecule has 0 atom stereocenters. The lowest BCUT2D eigenvalue weighted by molar-refractivity contribution is -0.122. The zero-order valence-electron chi connectivity index (χ0n) is 17.6. The van der Waals surface area contributed by atoms with Gasteiger partial charge in [-0.15, -0.1) is 0 Å². The van der Waals surface area contributed by atoms with Gasteiger partial charge in [0.2, 0.25) is 5.91 Å². The van der Waals surface area contributed by atoms with Gasteiger partial charge in [0, 0.05) is 29.3 Å². The number of nitrogens with zero attached hydrogens (tertiary/aromatic N) is 2. The number of carbonyl (C=O) groups excluding carboxylic acids is 1. The van der Waals surface area contributed by atoms with Crippen molar-refractivity contribution in [2.75, 3.05) is 38.5 Å². The Kier molecular flexibility index (Phi) is 8.98. The molecule has 2 aromatic rings. The van der Waals surface area contributed by atoms with Crippen LogP contribution in [0.2, 0.25) is 10.0 Å². The lowest BCUT2D eigenvalue weighted by Crippen LogP contribution is -2.39. The van der Waals surface area contributed by atoms with Gasteiger partial charge in [-0.3, -0.25) is 9.69 Å². The Labute approximate surface area is 197 Å². The first-order chi connectivity index (χ1) is 15.4. The number of pyridine rings is 1. The van der Waals surface area contributed by atoms with Crippen LogP contribution in [0.3, 0.4) is 0 Å². The van der Waals surface area contributed by atoms with Crippen molar-refractivity contribution in [2.24, 2.45) is 0 Å². The molecule has 1 aliphatic heterocycles. The number of nitrogens with two attached hydrogens (primary N) is 1. The fraction of sp³-hybridized carbons (Fsp3) is 0.391. The van der Waals surface area contributed by atoms with E-state index < -0.39 is 5.82 Å². The zero-order valence-corrected chi connectivity index (χ0v) is 19.1. The van der Waals surface area contributed by atoms with E-state index >= 15 is 0 Å². The molecule has 0 spiro atoms. The molecule has 1 aliphatic rings. The van der Waals surface area contributed by atoms with Crippen molar-refractivity contribution in [3.8, 4) is 17.6 Å². The van der Waals surface area contributed by atoms with Gasteiger partial charge in [0.1, 0.15) is 5.82 Å². The number of hydrogen-bond donors (Lipinski definition) is 2. The Balaban J connectivity index is 1.50. The maximum atomic E-state index is 13.6. The topological polar surface area (TPSA) is 80.5 Å². The van der Waals surface area contributed by atoms with Gasteiger partial charge >= 0.3 is 0 Å². The third-order valence-electron chi connectivity index (χ3n) is 5.05. The fourth-order valence-electron chi connectivity index (χ4n) is 3.37. The number of benzene rings is 1. The Bertz CT molecular complexity index is 1020. The summed E-state index contributed by atoms with van der Waals surface area (Å²) in [6.07, 6.45) is 5.35. The SMILES string of the molecule is Nc1ncc(C#CCNC(=O)CN2CCCCC2)cc1OCCc1c(Cl)ccc(F)c1Cl. The summed E-state index contributed by atoms with van der Waals surface area (Å²) in [7, 11) is 0. The molecular formula is C23H25Cl2FN4O2. The van der Waals surface area contributed by atoms with Crippen LogP contribution in [0.4, 0.5) is 10.2 Å². The van der Waals surface area contributed by atoms with Crippen molar-refractivity contribution in [3.63, 3.8) is 0 Å². The number of nitrogens with one attached hydrogen (secondary N) is 1. The summed E-state index contributed by atoms with van der Waals surface area (Å²) in [5, 5.41) is 3.16. The van der Waals surface area contributed by atoms with Gasteiger partial charge in [-0.2, -0.15) is 0 Å². The molecule has 0 bridgehead atoms. The summed E-state index contributed by atoms with van der Waals surface area (Å²) in [6, 6.07) is 4.34. The highest BCUT2D eigenvalue weighted by Gasteiger charge is 2.13. The maximum Gasteiger partial charge on any atom is 0.234 e. The van der Waals surface area contributed by atoms with Gasteiger partial charge in [-0.05, 0) is 43.6 Å². The third kappa shape index (κ3) is 6.99. The Hall–Kier alpha value is -2.53. The standard InChI is InChI=1S/C23H25Cl2FN4O2/c24-18-6-7-19(26)22(25)17(18)8-12-32-20-13-16(14-29-23(20)27)5-4-9-28-21(31)15-30-10-2-1-3-11-30/h6-7,13-14H,1-3,8-12,15H2,(H2,27,29)(H,28,31). The molecule has 0 radical (unpaired) electrons. The lowest BCUT2D eigenvalue weighted by atomic mass is 10.1. The number of amides is 1. The van der Waals surface area contributed by atoms with Crippen LogP contribution in [-0.4, -0.2) is 48.6 Å². The van der Waals surface area contributed by atoms with E-state index in [1.165, 1.54) is 24.8 Å². The molecule has 1 saturated heterocycles. The van der Waals surface area contributed by atoms with Crippen molar-refractivity contribution in [3.05, 3.63) is 51.4 Å². The number of anilines is 1. The molecule has 0 saturated carbocycles. The number of hydrogen-bond acceptors (Lipinski definition) is 5. The molecule has 1 amide bonds. The van der Waals surface area contributed by atoms with E-state index in [-0.39, 0.29) is 29.9 Å². The number of piperidine rings is 1. The van der Waals surface area contributed by atoms with Crippen LogP contribution in [0.25, 0.3) is 0 Å². The third-order valence-corrected chi connectivity index (χ3v) is 5.82. The van der Waals surface area contributed by atoms with Crippen LogP contribution < -0.4 is 15.8 Å². The van der Waals surface area contributed by atoms with Crippen molar-refractivity contribution < 1.29 is 13.9 Å². The van der Waals surface area contributed by atoms with E-state index in [1.54, 1.807) is 6.07 Å². The van der Waals surface area contributed by atoms with E-state index in [4.69, 9.17) is 33.7 Å². The largest absolute Gasteiger partial charge is 0.489 e. The van der Waals surface area contributed by atoms with Crippen LogP contribution >= 0.6 is 23.2 Å². The molecule has 3 N–H and O–H groups in total. The minimum Gasteiger partial charge on any atom is -0.489 e. The van der Waals surface area contributed by atoms with Crippen molar-refractivity contribution in [1.29, 1.82) is 0 Å². The van der Waals surface area contributed by atoms with Crippen LogP contribution in [0, 0.1) is 17.7 Å². The average Bonchev–Trinajstić information content (AvgIpc) is 2.79. The highest BCUT2D eigenvalue weighted by atomic mass is 35.5. The summed E-state index contributed by atoms with van der Waals surface area (Å²) in [5.41, 5.74) is 6.95. The number of carbonyl (C=O) groups is 1. The van der Waals surface area contributed by atoms with Gasteiger partial charge in [0.05, 0.1) is 24.7 Å². The average molecular weight is 479 g/mol. The first kappa shape index (κ1) is 24.1. The van der Waals surface area contributed by atoms with Crippen LogP contribution in [0.5, 0.6) is 5.75 Å². The van der Waals surface area contributed by atoms with E-state index in [0.717, 1.165) is 25.9 Å². The molecule has 2 heterocycles. The predicted molar refractivity (Wildman–Crippen MR) is 124 cm³/mol. The van der Waals surface area contributed by atoms with E-state index in [1.807, 2.05) is 0 Å². The summed E-state index contributed by atoms with van der Waals surface area (Å²) >= 11 is 12.1. The molecule has 0 unspecified atom stereocenters. The molecule has 170 valence electrons. The number of rotatable bonds is 7. The Morgan fingerprint density at radius 3 is 2.84 bits per heavy atom. The van der Waals surface area contributed by atoms with Gasteiger partial charge in [0.25, 0.3) is 0 Å². The van der Waals surface area contributed by atoms with Crippen molar-refractivity contribution >= 4 is 34.9 Å². The number of nitrogen functional groups attached to an aromatic ring is 1. The normalized spacial score (nSPS) is 13.8. The molecule has 3 rings (SSSR count). The van der Waals surface area contributed by atoms with Crippen molar-refractivity contribution in [1.82, 2.24) is 15.2 Å². The van der Waals surface area contributed by atoms with Gasteiger partial charge in [0.15, 0.2) is 11.6 Å². The number of halogens is 3. The second-order valence-electron chi connectivity index (χ2n) is 7.44. The summed E-state index contributed by atoms with van der Waals surface area (Å²) in [6.45, 7) is 2.76. The van der Waals surface area contributed by atoms with E-state index in [0.29, 0.717) is 34.9 Å². The highest BCUT2D eigenvalue weighted by Crippen LogP contribution is 2.28. The van der Waals surface area contributed by atoms with Gasteiger partial charge < -0.3 is 15.8 Å². The quantitative estimate of drug-likeness (QED) is 0.468. The summed E-state index contributed by atoms with van der Waals surface area (Å²) in [5.74, 6) is 5.84. The van der Waals surface area contributed by atoms with Gasteiger partial charge in [-0.1, -0.05) is 41.5 Å². The summed E-state index contributed by atoms with van der Waals surface area (Å²) < 4.78 is 19.3. The lowest BCUT2D eigenvalue weighted by Gasteiger charge is -2.25. The second-order valence-corrected chi connectivity index (χ2v) is 8.23. The smallest absolute Gasteiger partial charge is 0.234 e. The molecule has 9 heteroatoms. The first-order valence-electron chi connectivity index (χ1n) is 10.4. The maximum absolute atomic E-state index is 13.6. The van der Waals surface area contributed by atoms with Crippen LogP contribution in [-0.2, 0) is 11.2 Å². The van der Waals surface area contributed by atoms with Gasteiger partial charge in [-0.25, -0.2) is 9.37 Å². The number of ether oxygens (including phenoxy) is 1. The van der Waals surface area contributed by atoms with Crippen LogP contribution in [0.1, 0.15) is 30.4 Å². The molecule has 1 aromatic heterocycles. The van der Waals surface area contributed by atoms with E-state index in [9.17, 15) is 9.18 Å². The first-order valence-corrected chi connectivity index (χ1v) is 11.2. The zero-order chi connectivity index (χ0) is 22.9. The Morgan fingerprint density at radius 1 is 1.28 bits per heavy atom. The molecular weight excluding hydrogens is 454 g/mol. The Morgan fingerprint density at radius 2 is 2.06 bits per heavy atom. The van der Waals surface area contributed by atoms with Crippen LogP contribution in [0.15, 0.2) is 24.4 Å². The second kappa shape index (κ2) is 11.9. The molecule has 32 heavy (non-hydrogen) atoms. The molecule has 1 aromatic carbocycles. The summed E-state index contributed by atoms with van der Waals surface area (Å²) in [4.78, 5) is 18.3. The minimum absolute atomic E-state index is 0.0193. The molecule has 6 nitrogen and oxygen atoms in total. The fourth-order valence-corrected chi connectivity index (χ4v) is 3.93. The molecule has 0 aliphatic carbocycles. The monoisotopic (exact) mass is 478 g/mol. The number of likely N-dealkylation sites (tertiary alicyclic amines) is 1. The van der Waals surface area contributed by atoms with E-state index in [2.05, 4.69) is 27.0 Å². The van der Waals surface area contributed by atoms with Crippen molar-refractivity contribution in [2.45, 2.75) is 25.7 Å².